The highest BCUT2D eigenvalue weighted by Gasteiger charge is 2.30. The number of aromatic nitrogens is 1. The van der Waals surface area contributed by atoms with Crippen LogP contribution in [0.3, 0.4) is 0 Å². The van der Waals surface area contributed by atoms with Gasteiger partial charge in [-0.15, -0.1) is 0 Å². The Morgan fingerprint density at radius 2 is 2.04 bits per heavy atom. The van der Waals surface area contributed by atoms with Gasteiger partial charge in [0.1, 0.15) is 0 Å². The van der Waals surface area contributed by atoms with E-state index < -0.39 is 0 Å². The minimum Gasteiger partial charge on any atom is -0.355 e. The van der Waals surface area contributed by atoms with Gasteiger partial charge in [0.25, 0.3) is 11.8 Å². The van der Waals surface area contributed by atoms with Gasteiger partial charge < -0.3 is 10.2 Å². The van der Waals surface area contributed by atoms with Gasteiger partial charge >= 0.3 is 0 Å². The van der Waals surface area contributed by atoms with Crippen LogP contribution < -0.4 is 5.32 Å². The first kappa shape index (κ1) is 15.2. The van der Waals surface area contributed by atoms with Crippen molar-refractivity contribution in [1.82, 2.24) is 15.2 Å². The van der Waals surface area contributed by atoms with Gasteiger partial charge in [0, 0.05) is 37.1 Å². The molecule has 23 heavy (non-hydrogen) atoms. The van der Waals surface area contributed by atoms with Crippen LogP contribution in [0.4, 0.5) is 0 Å². The largest absolute Gasteiger partial charge is 0.355 e. The molecule has 1 aliphatic rings. The topological polar surface area (TPSA) is 62.3 Å². The molecule has 1 atom stereocenters. The molecule has 1 fully saturated rings. The number of pyridine rings is 1. The standard InChI is InChI=1S/C18H19N3O2/c1-19-17(22)13-5-2-6-14(11-13)18(23)21-10-4-8-16(21)15-7-3-9-20-12-15/h2-3,5-7,9,11-12,16H,4,8,10H2,1H3,(H,19,22). The van der Waals surface area contributed by atoms with Crippen LogP contribution in [-0.2, 0) is 0 Å². The maximum Gasteiger partial charge on any atom is 0.254 e. The fourth-order valence-corrected chi connectivity index (χ4v) is 3.03. The van der Waals surface area contributed by atoms with Gasteiger partial charge in [-0.2, -0.15) is 0 Å². The first-order chi connectivity index (χ1) is 11.2. The van der Waals surface area contributed by atoms with Crippen molar-refractivity contribution in [2.24, 2.45) is 0 Å². The van der Waals surface area contributed by atoms with Crippen LogP contribution in [0.5, 0.6) is 0 Å². The maximum atomic E-state index is 12.9. The van der Waals surface area contributed by atoms with Crippen LogP contribution in [0.15, 0.2) is 48.8 Å². The Hall–Kier alpha value is -2.69. The SMILES string of the molecule is CNC(=O)c1cccc(C(=O)N2CCCC2c2cccnc2)c1. The fourth-order valence-electron chi connectivity index (χ4n) is 3.03. The normalized spacial score (nSPS) is 17.1. The molecule has 0 radical (unpaired) electrons. The number of likely N-dealkylation sites (tertiary alicyclic amines) is 1. The van der Waals surface area contributed by atoms with Crippen molar-refractivity contribution in [1.29, 1.82) is 0 Å². The van der Waals surface area contributed by atoms with E-state index in [2.05, 4.69) is 10.3 Å². The highest BCUT2D eigenvalue weighted by Crippen LogP contribution is 2.32. The molecule has 2 amide bonds. The van der Waals surface area contributed by atoms with E-state index in [1.165, 1.54) is 0 Å². The Kier molecular flexibility index (Phi) is 4.37. The Morgan fingerprint density at radius 3 is 2.78 bits per heavy atom. The Balaban J connectivity index is 1.86. The van der Waals surface area contributed by atoms with Crippen LogP contribution in [0, 0.1) is 0 Å². The number of carbonyl (C=O) groups excluding carboxylic acids is 2. The summed E-state index contributed by atoms with van der Waals surface area (Å²) in [7, 11) is 1.58. The summed E-state index contributed by atoms with van der Waals surface area (Å²) < 4.78 is 0. The van der Waals surface area contributed by atoms with Gasteiger partial charge in [-0.1, -0.05) is 12.1 Å². The fraction of sp³-hybridized carbons (Fsp3) is 0.278. The molecule has 1 aliphatic heterocycles. The number of rotatable bonds is 3. The van der Waals surface area contributed by atoms with Crippen molar-refractivity contribution < 1.29 is 9.59 Å². The Labute approximate surface area is 135 Å². The van der Waals surface area contributed by atoms with E-state index in [1.807, 2.05) is 23.2 Å². The number of nitrogens with one attached hydrogen (secondary N) is 1. The predicted molar refractivity (Wildman–Crippen MR) is 87.1 cm³/mol. The summed E-state index contributed by atoms with van der Waals surface area (Å²) >= 11 is 0. The quantitative estimate of drug-likeness (QED) is 0.947. The lowest BCUT2D eigenvalue weighted by Crippen LogP contribution is -2.31. The molecule has 1 unspecified atom stereocenters. The Bertz CT molecular complexity index is 715. The molecular formula is C18H19N3O2. The van der Waals surface area contributed by atoms with E-state index in [-0.39, 0.29) is 17.9 Å². The van der Waals surface area contributed by atoms with E-state index in [9.17, 15) is 9.59 Å². The second-order valence-electron chi connectivity index (χ2n) is 5.60. The average molecular weight is 309 g/mol. The molecule has 3 rings (SSSR count). The van der Waals surface area contributed by atoms with Crippen LogP contribution >= 0.6 is 0 Å². The second kappa shape index (κ2) is 6.60. The molecule has 0 saturated carbocycles. The molecule has 1 N–H and O–H groups in total. The summed E-state index contributed by atoms with van der Waals surface area (Å²) in [6, 6.07) is 10.8. The van der Waals surface area contributed by atoms with Crippen LogP contribution in [-0.4, -0.2) is 35.3 Å². The number of hydrogen-bond acceptors (Lipinski definition) is 3. The molecule has 0 spiro atoms. The monoisotopic (exact) mass is 309 g/mol. The molecule has 5 heteroatoms. The first-order valence-electron chi connectivity index (χ1n) is 7.73. The summed E-state index contributed by atoms with van der Waals surface area (Å²) in [6.07, 6.45) is 5.46. The molecule has 0 aliphatic carbocycles. The maximum absolute atomic E-state index is 12.9. The van der Waals surface area contributed by atoms with E-state index in [4.69, 9.17) is 0 Å². The summed E-state index contributed by atoms with van der Waals surface area (Å²) in [6.45, 7) is 0.725. The van der Waals surface area contributed by atoms with E-state index >= 15 is 0 Å². The van der Waals surface area contributed by atoms with Crippen LogP contribution in [0.25, 0.3) is 0 Å². The third kappa shape index (κ3) is 3.08. The number of hydrogen-bond donors (Lipinski definition) is 1. The molecular weight excluding hydrogens is 290 g/mol. The summed E-state index contributed by atoms with van der Waals surface area (Å²) in [5.74, 6) is -0.230. The van der Waals surface area contributed by atoms with Crippen molar-refractivity contribution in [3.8, 4) is 0 Å². The highest BCUT2D eigenvalue weighted by molar-refractivity contribution is 5.99. The molecule has 1 aromatic heterocycles. The second-order valence-corrected chi connectivity index (χ2v) is 5.60. The lowest BCUT2D eigenvalue weighted by atomic mass is 10.1. The van der Waals surface area contributed by atoms with E-state index in [0.717, 1.165) is 24.9 Å². The third-order valence-corrected chi connectivity index (χ3v) is 4.18. The van der Waals surface area contributed by atoms with Crippen molar-refractivity contribution >= 4 is 11.8 Å². The highest BCUT2D eigenvalue weighted by atomic mass is 16.2. The summed E-state index contributed by atoms with van der Waals surface area (Å²) in [5.41, 5.74) is 2.10. The minimum atomic E-state index is -0.190. The van der Waals surface area contributed by atoms with Gasteiger partial charge in [-0.05, 0) is 42.7 Å². The molecule has 1 saturated heterocycles. The van der Waals surface area contributed by atoms with Crippen molar-refractivity contribution in [3.05, 3.63) is 65.5 Å². The van der Waals surface area contributed by atoms with Gasteiger partial charge in [0.2, 0.25) is 0 Å². The van der Waals surface area contributed by atoms with Crippen molar-refractivity contribution in [2.45, 2.75) is 18.9 Å². The zero-order valence-corrected chi connectivity index (χ0v) is 13.0. The van der Waals surface area contributed by atoms with Gasteiger partial charge in [-0.25, -0.2) is 0 Å². The molecule has 2 aromatic rings. The van der Waals surface area contributed by atoms with Gasteiger partial charge in [0.05, 0.1) is 6.04 Å². The molecule has 5 nitrogen and oxygen atoms in total. The molecule has 0 bridgehead atoms. The minimum absolute atomic E-state index is 0.0397. The number of benzene rings is 1. The zero-order valence-electron chi connectivity index (χ0n) is 13.0. The lowest BCUT2D eigenvalue weighted by Gasteiger charge is -2.25. The van der Waals surface area contributed by atoms with Crippen LogP contribution in [0.1, 0.15) is 45.2 Å². The van der Waals surface area contributed by atoms with E-state index in [0.29, 0.717) is 11.1 Å². The van der Waals surface area contributed by atoms with Crippen molar-refractivity contribution in [2.75, 3.05) is 13.6 Å². The average Bonchev–Trinajstić information content (AvgIpc) is 3.11. The smallest absolute Gasteiger partial charge is 0.254 e. The Morgan fingerprint density at radius 1 is 1.22 bits per heavy atom. The van der Waals surface area contributed by atoms with E-state index in [1.54, 1.807) is 37.5 Å². The lowest BCUT2D eigenvalue weighted by molar-refractivity contribution is 0.0735. The molecule has 2 heterocycles. The van der Waals surface area contributed by atoms with Gasteiger partial charge in [-0.3, -0.25) is 14.6 Å². The van der Waals surface area contributed by atoms with Gasteiger partial charge in [0.15, 0.2) is 0 Å². The first-order valence-corrected chi connectivity index (χ1v) is 7.73. The number of amides is 2. The molecule has 1 aromatic carbocycles. The third-order valence-electron chi connectivity index (χ3n) is 4.18. The number of nitrogens with zero attached hydrogens (tertiary/aromatic N) is 2. The summed E-state index contributed by atoms with van der Waals surface area (Å²) in [5, 5.41) is 2.58. The summed E-state index contributed by atoms with van der Waals surface area (Å²) in [4.78, 5) is 30.6. The number of carbonyl (C=O) groups is 2. The predicted octanol–water partition coefficient (Wildman–Crippen LogP) is 2.42. The zero-order chi connectivity index (χ0) is 16.2. The van der Waals surface area contributed by atoms with Crippen LogP contribution in [0.2, 0.25) is 0 Å². The molecule has 118 valence electrons. The van der Waals surface area contributed by atoms with Crippen molar-refractivity contribution in [3.63, 3.8) is 0 Å².